The molecule has 0 amide bonds. The van der Waals surface area contributed by atoms with Gasteiger partial charge in [0.05, 0.1) is 35.2 Å². The van der Waals surface area contributed by atoms with Crippen LogP contribution in [0.15, 0.2) is 67.0 Å². The lowest BCUT2D eigenvalue weighted by atomic mass is 9.82. The highest BCUT2D eigenvalue weighted by molar-refractivity contribution is 5.94. The minimum Gasteiger partial charge on any atom is -0.386 e. The minimum absolute atomic E-state index is 0.270. The van der Waals surface area contributed by atoms with Crippen molar-refractivity contribution in [3.63, 3.8) is 0 Å². The van der Waals surface area contributed by atoms with Gasteiger partial charge in [-0.25, -0.2) is 9.67 Å². The third-order valence-electron chi connectivity index (χ3n) is 8.47. The van der Waals surface area contributed by atoms with Crippen LogP contribution in [0.5, 0.6) is 0 Å². The van der Waals surface area contributed by atoms with Crippen LogP contribution in [0.3, 0.4) is 0 Å². The summed E-state index contributed by atoms with van der Waals surface area (Å²) in [4.78, 5) is 5.07. The zero-order chi connectivity index (χ0) is 28.2. The minimum atomic E-state index is -0.638. The second kappa shape index (κ2) is 9.96. The van der Waals surface area contributed by atoms with E-state index in [-0.39, 0.29) is 5.92 Å². The summed E-state index contributed by atoms with van der Waals surface area (Å²) in [5, 5.41) is 27.6. The van der Waals surface area contributed by atoms with Gasteiger partial charge < -0.3 is 5.11 Å². The Hall–Kier alpha value is -4.30. The molecule has 0 unspecified atom stereocenters. The first-order valence-electron chi connectivity index (χ1n) is 14.5. The molecule has 0 saturated heterocycles. The molecule has 8 heteroatoms. The highest BCUT2D eigenvalue weighted by Gasteiger charge is 2.29. The molecule has 1 aliphatic rings. The van der Waals surface area contributed by atoms with Gasteiger partial charge in [-0.2, -0.15) is 15.3 Å². The topological polar surface area (TPSA) is 86.6 Å². The summed E-state index contributed by atoms with van der Waals surface area (Å²) >= 11 is 0. The zero-order valence-electron chi connectivity index (χ0n) is 24.0. The Morgan fingerprint density at radius 2 is 1.78 bits per heavy atom. The van der Waals surface area contributed by atoms with Crippen LogP contribution in [-0.2, 0) is 13.6 Å². The number of fused-ring (bicyclic) bond motifs is 2. The summed E-state index contributed by atoms with van der Waals surface area (Å²) < 4.78 is 5.79. The molecule has 41 heavy (non-hydrogen) atoms. The third-order valence-corrected chi connectivity index (χ3v) is 8.47. The number of benzene rings is 2. The van der Waals surface area contributed by atoms with E-state index < -0.39 is 6.10 Å². The lowest BCUT2D eigenvalue weighted by molar-refractivity contribution is 0.152. The van der Waals surface area contributed by atoms with Gasteiger partial charge in [0.2, 0.25) is 0 Å². The van der Waals surface area contributed by atoms with E-state index >= 15 is 0 Å². The summed E-state index contributed by atoms with van der Waals surface area (Å²) in [6, 6.07) is 18.1. The second-order valence-electron chi connectivity index (χ2n) is 11.7. The monoisotopic (exact) mass is 545 g/mol. The Labute approximate surface area is 239 Å². The highest BCUT2D eigenvalue weighted by atomic mass is 16.3. The van der Waals surface area contributed by atoms with Gasteiger partial charge in [-0.3, -0.25) is 9.36 Å². The van der Waals surface area contributed by atoms with Crippen LogP contribution in [0.25, 0.3) is 38.9 Å². The fourth-order valence-electron chi connectivity index (χ4n) is 6.22. The molecule has 0 radical (unpaired) electrons. The molecule has 4 aromatic heterocycles. The largest absolute Gasteiger partial charge is 0.386 e. The Bertz CT molecular complexity index is 1870. The van der Waals surface area contributed by atoms with E-state index in [1.165, 1.54) is 12.0 Å². The van der Waals surface area contributed by atoms with Crippen molar-refractivity contribution in [3.05, 3.63) is 89.5 Å². The Kier molecular flexibility index (Phi) is 6.23. The fraction of sp³-hybridized carbons (Fsp3) is 0.333. The number of aryl methyl sites for hydroxylation is 1. The van der Waals surface area contributed by atoms with Crippen LogP contribution in [-0.4, -0.2) is 39.4 Å². The van der Waals surface area contributed by atoms with Gasteiger partial charge in [-0.1, -0.05) is 62.7 Å². The van der Waals surface area contributed by atoms with Gasteiger partial charge in [0.1, 0.15) is 0 Å². The number of aliphatic hydroxyl groups is 1. The van der Waals surface area contributed by atoms with Crippen molar-refractivity contribution < 1.29 is 5.11 Å². The number of aliphatic hydroxyl groups excluding tert-OH is 1. The highest BCUT2D eigenvalue weighted by Crippen LogP contribution is 2.41. The van der Waals surface area contributed by atoms with E-state index in [0.717, 1.165) is 68.7 Å². The third kappa shape index (κ3) is 4.43. The molecular formula is C33H35N7O. The summed E-state index contributed by atoms with van der Waals surface area (Å²) in [7, 11) is 1.94. The molecule has 1 saturated carbocycles. The van der Waals surface area contributed by atoms with Crippen LogP contribution < -0.4 is 0 Å². The standard InChI is InChI=1S/C33H35N7O/c1-20(2)30-21(3)40(28-16-24-17-38(4)37-33(24)34-31(28)23-12-8-13-23)36-32(30)25-14-9-15-27-26(25)18-39(35-27)19-29(41)22-10-6-5-7-11-22/h5-7,9-11,14-18,20,23,29,41H,8,12-13,19H2,1-4H3/t29-/m0/s1. The van der Waals surface area contributed by atoms with Gasteiger partial charge in [-0.15, -0.1) is 0 Å². The fourth-order valence-corrected chi connectivity index (χ4v) is 6.22. The molecule has 0 spiro atoms. The van der Waals surface area contributed by atoms with E-state index in [1.807, 2.05) is 71.3 Å². The maximum atomic E-state index is 10.9. The van der Waals surface area contributed by atoms with Crippen molar-refractivity contribution in [2.75, 3.05) is 0 Å². The molecule has 1 N–H and O–H groups in total. The van der Waals surface area contributed by atoms with Crippen LogP contribution in [0.1, 0.15) is 73.6 Å². The first kappa shape index (κ1) is 25.7. The van der Waals surface area contributed by atoms with Crippen molar-refractivity contribution in [1.29, 1.82) is 0 Å². The second-order valence-corrected chi connectivity index (χ2v) is 11.7. The predicted octanol–water partition coefficient (Wildman–Crippen LogP) is 6.60. The SMILES string of the molecule is Cc1c(C(C)C)c(-c2cccc3nn(C[C@H](O)c4ccccc4)cc23)nn1-c1cc2cn(C)nc2nc1C1CCC1. The lowest BCUT2D eigenvalue weighted by Gasteiger charge is -2.27. The molecule has 1 fully saturated rings. The molecule has 6 aromatic rings. The van der Waals surface area contributed by atoms with Crippen molar-refractivity contribution in [3.8, 4) is 16.9 Å². The molecule has 0 bridgehead atoms. The predicted molar refractivity (Wildman–Crippen MR) is 161 cm³/mol. The molecule has 4 heterocycles. The van der Waals surface area contributed by atoms with Gasteiger partial charge >= 0.3 is 0 Å². The number of pyridine rings is 1. The quantitative estimate of drug-likeness (QED) is 0.244. The van der Waals surface area contributed by atoms with Gasteiger partial charge in [0.25, 0.3) is 0 Å². The first-order chi connectivity index (χ1) is 19.9. The average Bonchev–Trinajstić information content (AvgIpc) is 3.60. The summed E-state index contributed by atoms with van der Waals surface area (Å²) in [5.41, 5.74) is 9.08. The summed E-state index contributed by atoms with van der Waals surface area (Å²) in [6.07, 6.45) is 6.96. The van der Waals surface area contributed by atoms with E-state index in [2.05, 4.69) is 42.7 Å². The van der Waals surface area contributed by atoms with Crippen molar-refractivity contribution in [2.24, 2.45) is 7.05 Å². The Morgan fingerprint density at radius 1 is 0.976 bits per heavy atom. The molecule has 7 rings (SSSR count). The number of hydrogen-bond acceptors (Lipinski definition) is 5. The zero-order valence-corrected chi connectivity index (χ0v) is 24.0. The van der Waals surface area contributed by atoms with E-state index in [4.69, 9.17) is 15.2 Å². The van der Waals surface area contributed by atoms with Gasteiger partial charge in [0.15, 0.2) is 5.65 Å². The summed E-state index contributed by atoms with van der Waals surface area (Å²) in [6.45, 7) is 7.01. The molecule has 8 nitrogen and oxygen atoms in total. The lowest BCUT2D eigenvalue weighted by Crippen LogP contribution is -2.15. The number of hydrogen-bond donors (Lipinski definition) is 1. The molecule has 0 aliphatic heterocycles. The van der Waals surface area contributed by atoms with Crippen LogP contribution >= 0.6 is 0 Å². The Balaban J connectivity index is 1.36. The first-order valence-corrected chi connectivity index (χ1v) is 14.5. The molecular weight excluding hydrogens is 510 g/mol. The van der Waals surface area contributed by atoms with Crippen molar-refractivity contribution >= 4 is 21.9 Å². The molecule has 1 atom stereocenters. The van der Waals surface area contributed by atoms with Crippen molar-refractivity contribution in [2.45, 2.75) is 64.5 Å². The number of nitrogens with zero attached hydrogens (tertiary/aromatic N) is 7. The van der Waals surface area contributed by atoms with E-state index in [1.54, 1.807) is 0 Å². The van der Waals surface area contributed by atoms with Gasteiger partial charge in [-0.05, 0) is 43.4 Å². The van der Waals surface area contributed by atoms with E-state index in [0.29, 0.717) is 12.5 Å². The average molecular weight is 546 g/mol. The van der Waals surface area contributed by atoms with Crippen LogP contribution in [0, 0.1) is 6.92 Å². The van der Waals surface area contributed by atoms with Crippen LogP contribution in [0.4, 0.5) is 0 Å². The molecule has 1 aliphatic carbocycles. The number of aromatic nitrogens is 7. The van der Waals surface area contributed by atoms with E-state index in [9.17, 15) is 5.11 Å². The van der Waals surface area contributed by atoms with Gasteiger partial charge in [0, 0.05) is 53.0 Å². The molecule has 2 aromatic carbocycles. The smallest absolute Gasteiger partial charge is 0.181 e. The maximum absolute atomic E-state index is 10.9. The maximum Gasteiger partial charge on any atom is 0.181 e. The van der Waals surface area contributed by atoms with Crippen LogP contribution in [0.2, 0.25) is 0 Å². The molecule has 208 valence electrons. The normalized spacial score (nSPS) is 14.8. The van der Waals surface area contributed by atoms with Crippen molar-refractivity contribution in [1.82, 2.24) is 34.3 Å². The number of rotatable bonds is 7. The summed E-state index contributed by atoms with van der Waals surface area (Å²) in [5.74, 6) is 0.704. The Morgan fingerprint density at radius 3 is 2.51 bits per heavy atom.